The van der Waals surface area contributed by atoms with Crippen molar-refractivity contribution in [1.29, 1.82) is 0 Å². The topological polar surface area (TPSA) is 61.2 Å². The minimum absolute atomic E-state index is 0.132. The van der Waals surface area contributed by atoms with Crippen LogP contribution in [0.1, 0.15) is 47.8 Å². The lowest BCUT2D eigenvalue weighted by molar-refractivity contribution is 0.00695. The third kappa shape index (κ3) is 5.79. The van der Waals surface area contributed by atoms with E-state index in [-0.39, 0.29) is 11.5 Å². The highest BCUT2D eigenvalue weighted by atomic mass is 16.6. The summed E-state index contributed by atoms with van der Waals surface area (Å²) in [5, 5.41) is 0.527. The Labute approximate surface area is 199 Å². The predicted octanol–water partition coefficient (Wildman–Crippen LogP) is 4.99. The van der Waals surface area contributed by atoms with E-state index in [1.807, 2.05) is 75.4 Å². The number of aromatic nitrogens is 2. The first-order valence-electron chi connectivity index (χ1n) is 11.1. The largest absolute Gasteiger partial charge is 0.456 e. The van der Waals surface area contributed by atoms with Crippen LogP contribution >= 0.6 is 0 Å². The number of nitrogens with zero attached hydrogens (tertiary/aromatic N) is 2. The quantitative estimate of drug-likeness (QED) is 0.324. The van der Waals surface area contributed by atoms with Gasteiger partial charge in [-0.1, -0.05) is 54.3 Å². The number of esters is 1. The Kier molecular flexibility index (Phi) is 6.60. The summed E-state index contributed by atoms with van der Waals surface area (Å²) in [6.07, 6.45) is 2.20. The Bertz CT molecular complexity index is 1430. The molecule has 0 fully saturated rings. The fraction of sp³-hybridized carbons (Fsp3) is 0.207. The van der Waals surface area contributed by atoms with Gasteiger partial charge in [0, 0.05) is 12.0 Å². The lowest BCUT2D eigenvalue weighted by atomic mass is 10.1. The second kappa shape index (κ2) is 9.76. The third-order valence-electron chi connectivity index (χ3n) is 5.13. The molecular formula is C29H26N2O3. The Morgan fingerprint density at radius 1 is 0.971 bits per heavy atom. The molecule has 0 bridgehead atoms. The van der Waals surface area contributed by atoms with Crippen molar-refractivity contribution < 1.29 is 9.53 Å². The smallest absolute Gasteiger partial charge is 0.338 e. The van der Waals surface area contributed by atoms with Gasteiger partial charge < -0.3 is 4.74 Å². The number of hydrogen-bond acceptors (Lipinski definition) is 4. The summed E-state index contributed by atoms with van der Waals surface area (Å²) in [5.41, 5.74) is 3.24. The van der Waals surface area contributed by atoms with Crippen LogP contribution in [-0.4, -0.2) is 21.1 Å². The molecule has 0 unspecified atom stereocenters. The van der Waals surface area contributed by atoms with Gasteiger partial charge in [0.1, 0.15) is 5.60 Å². The average molecular weight is 451 g/mol. The van der Waals surface area contributed by atoms with E-state index in [4.69, 9.17) is 4.74 Å². The molecule has 1 aromatic heterocycles. The van der Waals surface area contributed by atoms with E-state index >= 15 is 0 Å². The van der Waals surface area contributed by atoms with Gasteiger partial charge in [0.15, 0.2) is 0 Å². The average Bonchev–Trinajstić information content (AvgIpc) is 2.81. The van der Waals surface area contributed by atoms with E-state index in [2.05, 4.69) is 16.8 Å². The molecule has 34 heavy (non-hydrogen) atoms. The van der Waals surface area contributed by atoms with Crippen molar-refractivity contribution in [3.05, 3.63) is 112 Å². The van der Waals surface area contributed by atoms with Crippen LogP contribution in [0, 0.1) is 11.8 Å². The lowest BCUT2D eigenvalue weighted by Crippen LogP contribution is -2.24. The van der Waals surface area contributed by atoms with Crippen molar-refractivity contribution in [3.8, 4) is 11.8 Å². The van der Waals surface area contributed by atoms with Crippen LogP contribution in [0.5, 0.6) is 0 Å². The maximum Gasteiger partial charge on any atom is 0.338 e. The highest BCUT2D eigenvalue weighted by Crippen LogP contribution is 2.14. The number of carbonyl (C=O) groups is 1. The molecule has 0 atom stereocenters. The first kappa shape index (κ1) is 23.0. The molecule has 0 aliphatic rings. The minimum Gasteiger partial charge on any atom is -0.456 e. The van der Waals surface area contributed by atoms with E-state index in [0.29, 0.717) is 29.4 Å². The van der Waals surface area contributed by atoms with Gasteiger partial charge in [-0.15, -0.1) is 0 Å². The summed E-state index contributed by atoms with van der Waals surface area (Å²) in [6.45, 7) is 5.84. The normalized spacial score (nSPS) is 11.0. The molecule has 0 aliphatic carbocycles. The van der Waals surface area contributed by atoms with Gasteiger partial charge in [-0.05, 0) is 62.2 Å². The van der Waals surface area contributed by atoms with Crippen molar-refractivity contribution in [3.63, 3.8) is 0 Å². The number of ether oxygens (including phenoxy) is 1. The molecule has 0 aliphatic heterocycles. The van der Waals surface area contributed by atoms with E-state index < -0.39 is 5.60 Å². The van der Waals surface area contributed by atoms with E-state index in [1.165, 1.54) is 0 Å². The van der Waals surface area contributed by atoms with Crippen molar-refractivity contribution in [1.82, 2.24) is 9.55 Å². The zero-order valence-corrected chi connectivity index (χ0v) is 19.5. The van der Waals surface area contributed by atoms with E-state index in [9.17, 15) is 9.59 Å². The van der Waals surface area contributed by atoms with Gasteiger partial charge >= 0.3 is 5.97 Å². The highest BCUT2D eigenvalue weighted by molar-refractivity contribution is 5.89. The summed E-state index contributed by atoms with van der Waals surface area (Å²) in [7, 11) is 0. The van der Waals surface area contributed by atoms with Crippen molar-refractivity contribution in [2.24, 2.45) is 0 Å². The summed E-state index contributed by atoms with van der Waals surface area (Å²) in [5.74, 6) is 5.94. The van der Waals surface area contributed by atoms with E-state index in [1.54, 1.807) is 29.1 Å². The second-order valence-corrected chi connectivity index (χ2v) is 9.07. The van der Waals surface area contributed by atoms with Gasteiger partial charge in [-0.2, -0.15) is 0 Å². The first-order chi connectivity index (χ1) is 16.3. The van der Waals surface area contributed by atoms with Gasteiger partial charge in [0.25, 0.3) is 5.56 Å². The zero-order chi connectivity index (χ0) is 24.1. The maximum absolute atomic E-state index is 13.1. The SMILES string of the molecule is CC(C)(C)OC(=O)c1ccc(Cn2cnc3ccc(C#CCc4ccccc4)cc3c2=O)cc1. The Hall–Kier alpha value is -4.17. The van der Waals surface area contributed by atoms with Gasteiger partial charge in [-0.25, -0.2) is 9.78 Å². The van der Waals surface area contributed by atoms with Crippen molar-refractivity contribution >= 4 is 16.9 Å². The number of benzene rings is 3. The molecule has 0 radical (unpaired) electrons. The molecule has 4 aromatic rings. The fourth-order valence-electron chi connectivity index (χ4n) is 3.47. The number of fused-ring (bicyclic) bond motifs is 1. The van der Waals surface area contributed by atoms with Crippen LogP contribution in [0.25, 0.3) is 10.9 Å². The molecule has 0 saturated heterocycles. The molecule has 170 valence electrons. The summed E-state index contributed by atoms with van der Waals surface area (Å²) >= 11 is 0. The van der Waals surface area contributed by atoms with Gasteiger partial charge in [0.2, 0.25) is 0 Å². The molecule has 5 nitrogen and oxygen atoms in total. The molecule has 1 heterocycles. The van der Waals surface area contributed by atoms with E-state index in [0.717, 1.165) is 16.7 Å². The van der Waals surface area contributed by atoms with Gasteiger partial charge in [-0.3, -0.25) is 9.36 Å². The zero-order valence-electron chi connectivity index (χ0n) is 19.5. The number of rotatable bonds is 4. The minimum atomic E-state index is -0.551. The molecule has 5 heteroatoms. The molecule has 0 saturated carbocycles. The maximum atomic E-state index is 13.1. The van der Waals surface area contributed by atoms with Crippen molar-refractivity contribution in [2.45, 2.75) is 39.3 Å². The third-order valence-corrected chi connectivity index (χ3v) is 5.13. The summed E-state index contributed by atoms with van der Waals surface area (Å²) in [4.78, 5) is 29.8. The molecule has 0 amide bonds. The lowest BCUT2D eigenvalue weighted by Gasteiger charge is -2.19. The second-order valence-electron chi connectivity index (χ2n) is 9.07. The van der Waals surface area contributed by atoms with Crippen LogP contribution in [-0.2, 0) is 17.7 Å². The summed E-state index contributed by atoms with van der Waals surface area (Å²) in [6, 6.07) is 22.6. The van der Waals surface area contributed by atoms with Crippen LogP contribution in [0.2, 0.25) is 0 Å². The monoisotopic (exact) mass is 450 g/mol. The highest BCUT2D eigenvalue weighted by Gasteiger charge is 2.17. The number of hydrogen-bond donors (Lipinski definition) is 0. The Morgan fingerprint density at radius 3 is 2.41 bits per heavy atom. The molecule has 3 aromatic carbocycles. The molecule has 0 spiro atoms. The van der Waals surface area contributed by atoms with Crippen LogP contribution in [0.4, 0.5) is 0 Å². The molecule has 0 N–H and O–H groups in total. The Morgan fingerprint density at radius 2 is 1.71 bits per heavy atom. The molecular weight excluding hydrogens is 424 g/mol. The van der Waals surface area contributed by atoms with Gasteiger partial charge in [0.05, 0.1) is 29.3 Å². The van der Waals surface area contributed by atoms with Crippen LogP contribution < -0.4 is 5.56 Å². The Balaban J connectivity index is 1.53. The van der Waals surface area contributed by atoms with Crippen LogP contribution in [0.3, 0.4) is 0 Å². The standard InChI is InChI=1S/C29H26N2O3/c1-29(2,3)34-28(33)24-15-12-23(13-16-24)19-31-20-30-26-17-14-22(18-25(26)27(31)32)11-7-10-21-8-5-4-6-9-21/h4-6,8-9,12-18,20H,10,19H2,1-3H3. The van der Waals surface area contributed by atoms with Crippen LogP contribution in [0.15, 0.2) is 83.9 Å². The predicted molar refractivity (Wildman–Crippen MR) is 134 cm³/mol. The molecule has 4 rings (SSSR count). The first-order valence-corrected chi connectivity index (χ1v) is 11.1. The summed E-state index contributed by atoms with van der Waals surface area (Å²) < 4.78 is 6.96. The fourth-order valence-corrected chi connectivity index (χ4v) is 3.47. The number of carbonyl (C=O) groups excluding carboxylic acids is 1. The van der Waals surface area contributed by atoms with Crippen molar-refractivity contribution in [2.75, 3.05) is 0 Å².